The van der Waals surface area contributed by atoms with Gasteiger partial charge in [0, 0.05) is 26.5 Å². The largest absolute Gasteiger partial charge is 0.388 e. The summed E-state index contributed by atoms with van der Waals surface area (Å²) in [5.74, 6) is -0.0557. The maximum absolute atomic E-state index is 11.9. The van der Waals surface area contributed by atoms with E-state index < -0.39 is 0 Å². The number of rotatable bonds is 7. The maximum atomic E-state index is 11.9. The number of carbonyl (C=O) groups excluding carboxylic acids is 1. The fourth-order valence-corrected chi connectivity index (χ4v) is 1.82. The van der Waals surface area contributed by atoms with E-state index in [2.05, 4.69) is 5.32 Å². The van der Waals surface area contributed by atoms with Gasteiger partial charge < -0.3 is 20.4 Å². The molecule has 1 rings (SSSR count). The van der Waals surface area contributed by atoms with Crippen molar-refractivity contribution in [2.45, 2.75) is 19.4 Å². The van der Waals surface area contributed by atoms with E-state index in [9.17, 15) is 4.79 Å². The molecule has 0 fully saturated rings. The molecule has 0 aliphatic heterocycles. The summed E-state index contributed by atoms with van der Waals surface area (Å²) in [5, 5.41) is 2.85. The van der Waals surface area contributed by atoms with Gasteiger partial charge in [0.05, 0.1) is 5.69 Å². The molecular formula is C12H19N3O2S. The average Bonchev–Trinajstić information content (AvgIpc) is 2.82. The standard InChI is InChI=1S/C12H19N3O2S/c1-9(12(16)14-6-4-8-17-2)15-7-3-5-10(15)11(13)18/h3,5,7,9H,4,6,8H2,1-2H3,(H2,13,18)(H,14,16). The van der Waals surface area contributed by atoms with E-state index in [1.807, 2.05) is 13.0 Å². The minimum absolute atomic E-state index is 0.0557. The molecule has 6 heteroatoms. The molecule has 0 aliphatic rings. The summed E-state index contributed by atoms with van der Waals surface area (Å²) >= 11 is 4.94. The summed E-state index contributed by atoms with van der Waals surface area (Å²) in [6.45, 7) is 3.05. The lowest BCUT2D eigenvalue weighted by Crippen LogP contribution is -2.33. The number of carbonyl (C=O) groups is 1. The van der Waals surface area contributed by atoms with Crippen molar-refractivity contribution in [3.05, 3.63) is 24.0 Å². The predicted octanol–water partition coefficient (Wildman–Crippen LogP) is 0.836. The normalized spacial score (nSPS) is 12.1. The number of nitrogens with zero attached hydrogens (tertiary/aromatic N) is 1. The Balaban J connectivity index is 2.57. The zero-order chi connectivity index (χ0) is 13.5. The van der Waals surface area contributed by atoms with E-state index in [1.54, 1.807) is 23.9 Å². The number of hydrogen-bond donors (Lipinski definition) is 2. The zero-order valence-corrected chi connectivity index (χ0v) is 11.5. The van der Waals surface area contributed by atoms with Gasteiger partial charge in [0.15, 0.2) is 0 Å². The first-order valence-electron chi connectivity index (χ1n) is 5.81. The minimum Gasteiger partial charge on any atom is -0.388 e. The number of methoxy groups -OCH3 is 1. The first-order valence-corrected chi connectivity index (χ1v) is 6.22. The molecule has 0 aliphatic carbocycles. The molecule has 18 heavy (non-hydrogen) atoms. The predicted molar refractivity (Wildman–Crippen MR) is 74.5 cm³/mol. The quantitative estimate of drug-likeness (QED) is 0.568. The highest BCUT2D eigenvalue weighted by Crippen LogP contribution is 2.11. The molecule has 0 radical (unpaired) electrons. The van der Waals surface area contributed by atoms with Crippen molar-refractivity contribution in [1.82, 2.24) is 9.88 Å². The Bertz CT molecular complexity index is 417. The molecule has 5 nitrogen and oxygen atoms in total. The average molecular weight is 269 g/mol. The van der Waals surface area contributed by atoms with Crippen LogP contribution in [-0.2, 0) is 9.53 Å². The lowest BCUT2D eigenvalue weighted by Gasteiger charge is -2.16. The Morgan fingerprint density at radius 2 is 2.39 bits per heavy atom. The highest BCUT2D eigenvalue weighted by Gasteiger charge is 2.17. The van der Waals surface area contributed by atoms with Crippen LogP contribution in [0.2, 0.25) is 0 Å². The van der Waals surface area contributed by atoms with Crippen molar-refractivity contribution >= 4 is 23.1 Å². The second-order valence-electron chi connectivity index (χ2n) is 3.98. The van der Waals surface area contributed by atoms with Crippen LogP contribution in [0.5, 0.6) is 0 Å². The number of ether oxygens (including phenoxy) is 1. The number of amides is 1. The third kappa shape index (κ3) is 3.82. The van der Waals surface area contributed by atoms with E-state index in [0.29, 0.717) is 23.8 Å². The summed E-state index contributed by atoms with van der Waals surface area (Å²) < 4.78 is 6.69. The van der Waals surface area contributed by atoms with Gasteiger partial charge in [-0.05, 0) is 25.5 Å². The van der Waals surface area contributed by atoms with Gasteiger partial charge in [-0.25, -0.2) is 0 Å². The number of hydrogen-bond acceptors (Lipinski definition) is 3. The molecule has 1 amide bonds. The van der Waals surface area contributed by atoms with Crippen LogP contribution in [0.15, 0.2) is 18.3 Å². The number of thiocarbonyl (C=S) groups is 1. The first-order chi connectivity index (χ1) is 8.57. The molecule has 1 aromatic heterocycles. The maximum Gasteiger partial charge on any atom is 0.242 e. The van der Waals surface area contributed by atoms with Crippen molar-refractivity contribution in [3.63, 3.8) is 0 Å². The smallest absolute Gasteiger partial charge is 0.242 e. The number of nitrogens with two attached hydrogens (primary N) is 1. The van der Waals surface area contributed by atoms with Gasteiger partial charge in [-0.15, -0.1) is 0 Å². The molecule has 0 saturated heterocycles. The molecule has 0 bridgehead atoms. The molecule has 1 heterocycles. The van der Waals surface area contributed by atoms with Crippen LogP contribution in [0.1, 0.15) is 25.1 Å². The van der Waals surface area contributed by atoms with Gasteiger partial charge in [0.1, 0.15) is 11.0 Å². The van der Waals surface area contributed by atoms with Crippen molar-refractivity contribution in [3.8, 4) is 0 Å². The van der Waals surface area contributed by atoms with E-state index >= 15 is 0 Å². The van der Waals surface area contributed by atoms with E-state index in [0.717, 1.165) is 6.42 Å². The van der Waals surface area contributed by atoms with Crippen LogP contribution >= 0.6 is 12.2 Å². The van der Waals surface area contributed by atoms with Gasteiger partial charge in [-0.2, -0.15) is 0 Å². The summed E-state index contributed by atoms with van der Waals surface area (Å²) in [7, 11) is 1.64. The zero-order valence-electron chi connectivity index (χ0n) is 10.7. The molecule has 0 aromatic carbocycles. The van der Waals surface area contributed by atoms with E-state index in [1.165, 1.54) is 0 Å². The second-order valence-corrected chi connectivity index (χ2v) is 4.42. The monoisotopic (exact) mass is 269 g/mol. The summed E-state index contributed by atoms with van der Waals surface area (Å²) in [4.78, 5) is 12.2. The molecule has 100 valence electrons. The lowest BCUT2D eigenvalue weighted by atomic mass is 10.3. The Morgan fingerprint density at radius 1 is 1.67 bits per heavy atom. The first kappa shape index (κ1) is 14.7. The van der Waals surface area contributed by atoms with Gasteiger partial charge in [0.25, 0.3) is 0 Å². The molecule has 1 aromatic rings. The Hall–Kier alpha value is -1.40. The topological polar surface area (TPSA) is 69.3 Å². The molecule has 1 atom stereocenters. The van der Waals surface area contributed by atoms with Crippen molar-refractivity contribution in [1.29, 1.82) is 0 Å². The Labute approximate surface area is 112 Å². The summed E-state index contributed by atoms with van der Waals surface area (Å²) in [5.41, 5.74) is 6.30. The van der Waals surface area contributed by atoms with Crippen LogP contribution in [0.3, 0.4) is 0 Å². The van der Waals surface area contributed by atoms with Crippen LogP contribution in [0, 0.1) is 0 Å². The van der Waals surface area contributed by atoms with Gasteiger partial charge in [-0.1, -0.05) is 12.2 Å². The van der Waals surface area contributed by atoms with Crippen molar-refractivity contribution in [2.24, 2.45) is 5.73 Å². The Kier molecular flexibility index (Phi) is 5.80. The van der Waals surface area contributed by atoms with Crippen LogP contribution in [0.25, 0.3) is 0 Å². The lowest BCUT2D eigenvalue weighted by molar-refractivity contribution is -0.123. The summed E-state index contributed by atoms with van der Waals surface area (Å²) in [6.07, 6.45) is 2.59. The van der Waals surface area contributed by atoms with Gasteiger partial charge in [-0.3, -0.25) is 4.79 Å². The molecule has 3 N–H and O–H groups in total. The third-order valence-corrected chi connectivity index (χ3v) is 2.86. The minimum atomic E-state index is -0.334. The third-order valence-electron chi connectivity index (χ3n) is 2.65. The van der Waals surface area contributed by atoms with Gasteiger partial charge in [0.2, 0.25) is 5.91 Å². The molecule has 1 unspecified atom stereocenters. The second kappa shape index (κ2) is 7.13. The highest BCUT2D eigenvalue weighted by molar-refractivity contribution is 7.80. The van der Waals surface area contributed by atoms with Crippen LogP contribution < -0.4 is 11.1 Å². The number of aromatic nitrogens is 1. The SMILES string of the molecule is COCCCNC(=O)C(C)n1cccc1C(N)=S. The van der Waals surface area contributed by atoms with Crippen LogP contribution in [-0.4, -0.2) is 35.7 Å². The fourth-order valence-electron chi connectivity index (χ4n) is 1.64. The van der Waals surface area contributed by atoms with Crippen molar-refractivity contribution < 1.29 is 9.53 Å². The van der Waals surface area contributed by atoms with Crippen molar-refractivity contribution in [2.75, 3.05) is 20.3 Å². The molecule has 0 saturated carbocycles. The Morgan fingerprint density at radius 3 is 3.00 bits per heavy atom. The van der Waals surface area contributed by atoms with Crippen LogP contribution in [0.4, 0.5) is 0 Å². The number of nitrogens with one attached hydrogen (secondary N) is 1. The fraction of sp³-hybridized carbons (Fsp3) is 0.500. The molecule has 0 spiro atoms. The summed E-state index contributed by atoms with van der Waals surface area (Å²) in [6, 6.07) is 3.29. The van der Waals surface area contributed by atoms with E-state index in [4.69, 9.17) is 22.7 Å². The van der Waals surface area contributed by atoms with E-state index in [-0.39, 0.29) is 11.9 Å². The molecular weight excluding hydrogens is 250 g/mol. The highest BCUT2D eigenvalue weighted by atomic mass is 32.1. The van der Waals surface area contributed by atoms with Gasteiger partial charge >= 0.3 is 0 Å².